The molecule has 4 nitrogen and oxygen atoms in total. The van der Waals surface area contributed by atoms with Gasteiger partial charge in [0.1, 0.15) is 6.10 Å². The predicted molar refractivity (Wildman–Crippen MR) is 87.7 cm³/mol. The molecule has 1 spiro atoms. The number of hydrogen-bond donors (Lipinski definition) is 1. The molecule has 3 aliphatic rings. The quantitative estimate of drug-likeness (QED) is 0.830. The van der Waals surface area contributed by atoms with Gasteiger partial charge in [0.25, 0.3) is 0 Å². The van der Waals surface area contributed by atoms with Crippen molar-refractivity contribution in [2.24, 2.45) is 0 Å². The second-order valence-corrected chi connectivity index (χ2v) is 7.46. The highest BCUT2D eigenvalue weighted by atomic mass is 79.9. The van der Waals surface area contributed by atoms with Crippen LogP contribution in [0.3, 0.4) is 0 Å². The van der Waals surface area contributed by atoms with E-state index in [9.17, 15) is 5.11 Å². The molecule has 0 radical (unpaired) electrons. The molecule has 0 saturated carbocycles. The van der Waals surface area contributed by atoms with E-state index in [0.29, 0.717) is 6.42 Å². The van der Waals surface area contributed by atoms with Crippen LogP contribution in [-0.4, -0.2) is 42.9 Å². The molecule has 3 atom stereocenters. The minimum Gasteiger partial charge on any atom is -0.493 e. The summed E-state index contributed by atoms with van der Waals surface area (Å²) in [5, 5.41) is 10.2. The van der Waals surface area contributed by atoms with Crippen LogP contribution < -0.4 is 9.47 Å². The maximum Gasteiger partial charge on any atom is 0.166 e. The van der Waals surface area contributed by atoms with Crippen LogP contribution in [-0.2, 0) is 12.0 Å². The third-order valence-corrected chi connectivity index (χ3v) is 5.98. The molecule has 0 aromatic heterocycles. The Morgan fingerprint density at radius 3 is 3.05 bits per heavy atom. The minimum absolute atomic E-state index is 0.0275. The second kappa shape index (κ2) is 4.98. The number of rotatable bonds is 1. The summed E-state index contributed by atoms with van der Waals surface area (Å²) in [6, 6.07) is 4.15. The standard InChI is InChI=1S/C17H20BrNO3/c1-19-6-5-17-8-11(18)12(20)7-14(17)22-16-13(21-2)4-3-10(9-19)15(16)17/h3-4,8,12,14,20H,5-7,9H2,1-2H3/t12-,14-,17+/m0/s1. The molecule has 118 valence electrons. The van der Waals surface area contributed by atoms with Crippen LogP contribution in [0.1, 0.15) is 24.0 Å². The zero-order valence-electron chi connectivity index (χ0n) is 12.8. The molecule has 1 N–H and O–H groups in total. The van der Waals surface area contributed by atoms with Crippen molar-refractivity contribution in [3.63, 3.8) is 0 Å². The second-order valence-electron chi connectivity index (χ2n) is 6.55. The van der Waals surface area contributed by atoms with Crippen molar-refractivity contribution in [1.29, 1.82) is 0 Å². The lowest BCUT2D eigenvalue weighted by Crippen LogP contribution is -2.43. The van der Waals surface area contributed by atoms with Crippen LogP contribution >= 0.6 is 15.9 Å². The Hall–Kier alpha value is -1.04. The Kier molecular flexibility index (Phi) is 3.29. The first-order valence-corrected chi connectivity index (χ1v) is 8.46. The first-order chi connectivity index (χ1) is 10.5. The number of nitrogens with zero attached hydrogens (tertiary/aromatic N) is 1. The molecule has 0 fully saturated rings. The highest BCUT2D eigenvalue weighted by Crippen LogP contribution is 2.56. The van der Waals surface area contributed by atoms with Crippen molar-refractivity contribution >= 4 is 15.9 Å². The number of methoxy groups -OCH3 is 1. The van der Waals surface area contributed by atoms with E-state index in [-0.39, 0.29) is 11.5 Å². The fourth-order valence-corrected chi connectivity index (χ4v) is 4.71. The lowest BCUT2D eigenvalue weighted by atomic mass is 9.69. The summed E-state index contributed by atoms with van der Waals surface area (Å²) in [4.78, 5) is 2.35. The van der Waals surface area contributed by atoms with Gasteiger partial charge in [0, 0.05) is 23.0 Å². The van der Waals surface area contributed by atoms with Gasteiger partial charge in [-0.25, -0.2) is 0 Å². The maximum atomic E-state index is 10.2. The van der Waals surface area contributed by atoms with Gasteiger partial charge >= 0.3 is 0 Å². The third kappa shape index (κ3) is 1.88. The molecule has 22 heavy (non-hydrogen) atoms. The zero-order chi connectivity index (χ0) is 15.5. The van der Waals surface area contributed by atoms with E-state index in [1.165, 1.54) is 11.1 Å². The topological polar surface area (TPSA) is 41.9 Å². The summed E-state index contributed by atoms with van der Waals surface area (Å²) in [7, 11) is 3.83. The molecule has 1 aromatic rings. The number of hydrogen-bond acceptors (Lipinski definition) is 4. The Morgan fingerprint density at radius 2 is 2.27 bits per heavy atom. The zero-order valence-corrected chi connectivity index (χ0v) is 14.4. The molecule has 1 aliphatic carbocycles. The van der Waals surface area contributed by atoms with Crippen molar-refractivity contribution in [2.45, 2.75) is 37.0 Å². The molecule has 0 bridgehead atoms. The first kappa shape index (κ1) is 14.5. The van der Waals surface area contributed by atoms with E-state index >= 15 is 0 Å². The molecule has 0 saturated heterocycles. The molecule has 2 aliphatic heterocycles. The van der Waals surface area contributed by atoms with Gasteiger partial charge in [-0.05, 0) is 31.6 Å². The molecular weight excluding hydrogens is 346 g/mol. The lowest BCUT2D eigenvalue weighted by Gasteiger charge is -2.37. The van der Waals surface area contributed by atoms with Crippen LogP contribution in [0, 0.1) is 0 Å². The number of halogens is 1. The van der Waals surface area contributed by atoms with E-state index in [1.54, 1.807) is 7.11 Å². The summed E-state index contributed by atoms with van der Waals surface area (Å²) < 4.78 is 12.7. The first-order valence-electron chi connectivity index (χ1n) is 7.67. The van der Waals surface area contributed by atoms with E-state index in [1.807, 2.05) is 6.07 Å². The van der Waals surface area contributed by atoms with Crippen LogP contribution in [0.4, 0.5) is 0 Å². The van der Waals surface area contributed by atoms with Crippen LogP contribution in [0.2, 0.25) is 0 Å². The Morgan fingerprint density at radius 1 is 1.45 bits per heavy atom. The van der Waals surface area contributed by atoms with E-state index in [4.69, 9.17) is 9.47 Å². The summed E-state index contributed by atoms with van der Waals surface area (Å²) in [6.45, 7) is 1.92. The van der Waals surface area contributed by atoms with Gasteiger partial charge in [-0.15, -0.1) is 0 Å². The normalized spacial score (nSPS) is 33.4. The largest absolute Gasteiger partial charge is 0.493 e. The van der Waals surface area contributed by atoms with Crippen LogP contribution in [0.5, 0.6) is 11.5 Å². The monoisotopic (exact) mass is 365 g/mol. The molecular formula is C17H20BrNO3. The van der Waals surface area contributed by atoms with Gasteiger partial charge < -0.3 is 19.5 Å². The van der Waals surface area contributed by atoms with Gasteiger partial charge in [0.2, 0.25) is 0 Å². The van der Waals surface area contributed by atoms with Gasteiger partial charge in [-0.2, -0.15) is 0 Å². The summed E-state index contributed by atoms with van der Waals surface area (Å²) in [5.74, 6) is 1.65. The highest BCUT2D eigenvalue weighted by Gasteiger charge is 2.53. The molecule has 2 heterocycles. The number of benzene rings is 1. The van der Waals surface area contributed by atoms with Gasteiger partial charge in [0.15, 0.2) is 11.5 Å². The number of ether oxygens (including phenoxy) is 2. The van der Waals surface area contributed by atoms with Gasteiger partial charge in [-0.3, -0.25) is 0 Å². The van der Waals surface area contributed by atoms with Crippen molar-refractivity contribution < 1.29 is 14.6 Å². The fourth-order valence-electron chi connectivity index (χ4n) is 4.12. The van der Waals surface area contributed by atoms with Crippen molar-refractivity contribution in [3.8, 4) is 11.5 Å². The third-order valence-electron chi connectivity index (χ3n) is 5.23. The highest BCUT2D eigenvalue weighted by molar-refractivity contribution is 9.11. The molecule has 1 aromatic carbocycles. The average Bonchev–Trinajstić information content (AvgIpc) is 2.73. The average molecular weight is 366 g/mol. The van der Waals surface area contributed by atoms with Crippen LogP contribution in [0.15, 0.2) is 22.7 Å². The van der Waals surface area contributed by atoms with E-state index in [2.05, 4.69) is 40.0 Å². The number of aliphatic hydroxyl groups is 1. The van der Waals surface area contributed by atoms with Crippen molar-refractivity contribution in [1.82, 2.24) is 4.90 Å². The summed E-state index contributed by atoms with van der Waals surface area (Å²) in [5.41, 5.74) is 2.39. The van der Waals surface area contributed by atoms with Gasteiger partial charge in [-0.1, -0.05) is 28.1 Å². The smallest absolute Gasteiger partial charge is 0.166 e. The van der Waals surface area contributed by atoms with E-state index < -0.39 is 6.10 Å². The predicted octanol–water partition coefficient (Wildman–Crippen LogP) is 2.57. The van der Waals surface area contributed by atoms with Crippen LogP contribution in [0.25, 0.3) is 0 Å². The Labute approximate surface area is 138 Å². The Balaban J connectivity index is 1.98. The van der Waals surface area contributed by atoms with Crippen molar-refractivity contribution in [2.75, 3.05) is 20.7 Å². The maximum absolute atomic E-state index is 10.2. The molecule has 0 unspecified atom stereocenters. The molecule has 4 rings (SSSR count). The molecule has 0 amide bonds. The number of aliphatic hydroxyl groups excluding tert-OH is 1. The van der Waals surface area contributed by atoms with Crippen molar-refractivity contribution in [3.05, 3.63) is 33.8 Å². The van der Waals surface area contributed by atoms with E-state index in [0.717, 1.165) is 35.5 Å². The summed E-state index contributed by atoms with van der Waals surface area (Å²) in [6.07, 6.45) is 3.27. The van der Waals surface area contributed by atoms with Gasteiger partial charge in [0.05, 0.1) is 18.6 Å². The summed E-state index contributed by atoms with van der Waals surface area (Å²) >= 11 is 3.55. The minimum atomic E-state index is -0.486. The fraction of sp³-hybridized carbons (Fsp3) is 0.529. The SMILES string of the molecule is COc1ccc2c3c1O[C@H]1C[C@H](O)C(Br)=C[C@@]31CCN(C)C2. The Bertz CT molecular complexity index is 660. The lowest BCUT2D eigenvalue weighted by molar-refractivity contribution is 0.0805. The molecule has 5 heteroatoms.